The average Bonchev–Trinajstić information content (AvgIpc) is 3.22. The van der Waals surface area contributed by atoms with Crippen molar-refractivity contribution in [3.05, 3.63) is 59.2 Å². The Balaban J connectivity index is 1.61. The molecule has 5 rings (SSSR count). The predicted octanol–water partition coefficient (Wildman–Crippen LogP) is 3.29. The Hall–Kier alpha value is -3.53. The second-order valence-corrected chi connectivity index (χ2v) is 7.82. The molecule has 0 spiro atoms. The highest BCUT2D eigenvalue weighted by atomic mass is 19.2. The van der Waals surface area contributed by atoms with Gasteiger partial charge in [0, 0.05) is 30.9 Å². The van der Waals surface area contributed by atoms with Crippen molar-refractivity contribution in [3.8, 4) is 11.3 Å². The minimum atomic E-state index is -0.949. The van der Waals surface area contributed by atoms with Gasteiger partial charge in [-0.05, 0) is 32.0 Å². The summed E-state index contributed by atoms with van der Waals surface area (Å²) >= 11 is 0. The largest absolute Gasteiger partial charge is 0.370 e. The van der Waals surface area contributed by atoms with Crippen molar-refractivity contribution in [3.63, 3.8) is 0 Å². The van der Waals surface area contributed by atoms with Crippen molar-refractivity contribution < 1.29 is 13.5 Å². The number of aromatic nitrogens is 6. The van der Waals surface area contributed by atoms with Gasteiger partial charge in [-0.3, -0.25) is 4.68 Å². The zero-order chi connectivity index (χ0) is 22.4. The van der Waals surface area contributed by atoms with Crippen LogP contribution in [-0.2, 0) is 11.8 Å². The molecule has 0 unspecified atom stereocenters. The van der Waals surface area contributed by atoms with E-state index in [1.807, 2.05) is 32.0 Å². The topological polar surface area (TPSA) is 81.9 Å². The zero-order valence-corrected chi connectivity index (χ0v) is 17.9. The Morgan fingerprint density at radius 3 is 2.59 bits per heavy atom. The number of fused-ring (bicyclic) bond motifs is 1. The molecule has 1 aliphatic rings. The third kappa shape index (κ3) is 3.66. The third-order valence-electron chi connectivity index (χ3n) is 5.57. The second-order valence-electron chi connectivity index (χ2n) is 7.82. The summed E-state index contributed by atoms with van der Waals surface area (Å²) in [6, 6.07) is 3.69. The third-order valence-corrected chi connectivity index (χ3v) is 5.57. The van der Waals surface area contributed by atoms with Crippen LogP contribution in [0.2, 0.25) is 0 Å². The van der Waals surface area contributed by atoms with Crippen molar-refractivity contribution in [1.29, 1.82) is 0 Å². The Bertz CT molecular complexity index is 1320. The van der Waals surface area contributed by atoms with E-state index in [1.165, 1.54) is 6.07 Å². The zero-order valence-electron chi connectivity index (χ0n) is 17.9. The molecule has 0 saturated carbocycles. The van der Waals surface area contributed by atoms with Gasteiger partial charge in [-0.1, -0.05) is 0 Å². The molecule has 4 aromatic rings. The molecule has 10 heteroatoms. The van der Waals surface area contributed by atoms with E-state index in [-0.39, 0.29) is 6.10 Å². The van der Waals surface area contributed by atoms with Crippen molar-refractivity contribution in [2.24, 2.45) is 7.05 Å². The molecular weight excluding hydrogens is 416 g/mol. The number of anilines is 1. The van der Waals surface area contributed by atoms with Gasteiger partial charge < -0.3 is 9.64 Å². The van der Waals surface area contributed by atoms with E-state index in [4.69, 9.17) is 9.72 Å². The second kappa shape index (κ2) is 7.86. The van der Waals surface area contributed by atoms with E-state index in [1.54, 1.807) is 10.9 Å². The predicted molar refractivity (Wildman–Crippen MR) is 114 cm³/mol. The standard InChI is InChI=1S/C22H21F2N7O/c1-12-13(2)27-21-20(26-12)19(14-4-5-16(23)17(24)8-14)28-22(29-21)31-6-7-32-18(11-31)15-9-25-30(3)10-15/h4-5,8-10,18H,6-7,11H2,1-3H3/t18-/m1/s1. The van der Waals surface area contributed by atoms with Gasteiger partial charge in [0.2, 0.25) is 5.95 Å². The first-order valence-electron chi connectivity index (χ1n) is 10.2. The molecule has 0 N–H and O–H groups in total. The molecule has 0 radical (unpaired) electrons. The van der Waals surface area contributed by atoms with Crippen molar-refractivity contribution in [1.82, 2.24) is 29.7 Å². The lowest BCUT2D eigenvalue weighted by atomic mass is 10.1. The van der Waals surface area contributed by atoms with Crippen LogP contribution in [0, 0.1) is 25.5 Å². The fourth-order valence-electron chi connectivity index (χ4n) is 3.73. The normalized spacial score (nSPS) is 16.7. The number of morpholine rings is 1. The minimum Gasteiger partial charge on any atom is -0.370 e. The summed E-state index contributed by atoms with van der Waals surface area (Å²) in [5.41, 5.74) is 4.10. The fraction of sp³-hybridized carbons (Fsp3) is 0.318. The molecule has 1 atom stereocenters. The Labute approximate surface area is 182 Å². The van der Waals surface area contributed by atoms with Gasteiger partial charge in [0.1, 0.15) is 17.3 Å². The van der Waals surface area contributed by atoms with Crippen LogP contribution in [0.4, 0.5) is 14.7 Å². The van der Waals surface area contributed by atoms with E-state index in [0.717, 1.165) is 29.1 Å². The highest BCUT2D eigenvalue weighted by Gasteiger charge is 2.26. The lowest BCUT2D eigenvalue weighted by Crippen LogP contribution is -2.39. The molecule has 1 fully saturated rings. The Morgan fingerprint density at radius 2 is 1.84 bits per heavy atom. The number of aryl methyl sites for hydroxylation is 3. The van der Waals surface area contributed by atoms with Crippen LogP contribution in [0.1, 0.15) is 23.1 Å². The lowest BCUT2D eigenvalue weighted by molar-refractivity contribution is 0.0392. The Morgan fingerprint density at radius 1 is 1.03 bits per heavy atom. The van der Waals surface area contributed by atoms with Gasteiger partial charge in [-0.15, -0.1) is 0 Å². The number of rotatable bonds is 3. The molecule has 3 aromatic heterocycles. The van der Waals surface area contributed by atoms with E-state index < -0.39 is 11.6 Å². The molecule has 0 aliphatic carbocycles. The summed E-state index contributed by atoms with van der Waals surface area (Å²) in [6.45, 7) is 5.28. The molecule has 4 heterocycles. The highest BCUT2D eigenvalue weighted by Crippen LogP contribution is 2.30. The molecular formula is C22H21F2N7O. The molecule has 0 bridgehead atoms. The Kier molecular flexibility index (Phi) is 5.01. The van der Waals surface area contributed by atoms with E-state index >= 15 is 0 Å². The van der Waals surface area contributed by atoms with E-state index in [2.05, 4.69) is 20.1 Å². The summed E-state index contributed by atoms with van der Waals surface area (Å²) in [6.07, 6.45) is 3.51. The van der Waals surface area contributed by atoms with E-state index in [0.29, 0.717) is 48.1 Å². The van der Waals surface area contributed by atoms with Crippen molar-refractivity contribution in [2.75, 3.05) is 24.6 Å². The van der Waals surface area contributed by atoms with Crippen LogP contribution in [0.25, 0.3) is 22.4 Å². The van der Waals surface area contributed by atoms with Gasteiger partial charge in [0.15, 0.2) is 17.3 Å². The van der Waals surface area contributed by atoms with Crippen LogP contribution in [0.5, 0.6) is 0 Å². The lowest BCUT2D eigenvalue weighted by Gasteiger charge is -2.32. The smallest absolute Gasteiger partial charge is 0.228 e. The first-order valence-corrected chi connectivity index (χ1v) is 10.2. The monoisotopic (exact) mass is 437 g/mol. The van der Waals surface area contributed by atoms with Crippen LogP contribution >= 0.6 is 0 Å². The SMILES string of the molecule is Cc1nc2nc(N3CCO[C@@H](c4cnn(C)c4)C3)nc(-c3ccc(F)c(F)c3)c2nc1C. The number of halogens is 2. The molecule has 1 aliphatic heterocycles. The maximum absolute atomic E-state index is 14.0. The maximum atomic E-state index is 14.0. The van der Waals surface area contributed by atoms with Gasteiger partial charge in [0.05, 0.1) is 30.7 Å². The van der Waals surface area contributed by atoms with Gasteiger partial charge in [0.25, 0.3) is 0 Å². The molecule has 1 aromatic carbocycles. The molecule has 0 amide bonds. The minimum absolute atomic E-state index is 0.186. The molecule has 32 heavy (non-hydrogen) atoms. The summed E-state index contributed by atoms with van der Waals surface area (Å²) in [4.78, 5) is 20.6. The highest BCUT2D eigenvalue weighted by molar-refractivity contribution is 5.88. The maximum Gasteiger partial charge on any atom is 0.228 e. The summed E-state index contributed by atoms with van der Waals surface area (Å²) in [5, 5.41) is 4.22. The summed E-state index contributed by atoms with van der Waals surface area (Å²) < 4.78 is 35.2. The van der Waals surface area contributed by atoms with Gasteiger partial charge >= 0.3 is 0 Å². The fourth-order valence-corrected chi connectivity index (χ4v) is 3.73. The number of hydrogen-bond acceptors (Lipinski definition) is 7. The quantitative estimate of drug-likeness (QED) is 0.486. The first-order chi connectivity index (χ1) is 15.4. The first kappa shape index (κ1) is 20.4. The van der Waals surface area contributed by atoms with Crippen LogP contribution in [0.15, 0.2) is 30.6 Å². The number of nitrogens with zero attached hydrogens (tertiary/aromatic N) is 7. The summed E-state index contributed by atoms with van der Waals surface area (Å²) in [5.74, 6) is -1.43. The summed E-state index contributed by atoms with van der Waals surface area (Å²) in [7, 11) is 1.85. The van der Waals surface area contributed by atoms with Crippen LogP contribution < -0.4 is 4.90 Å². The molecule has 1 saturated heterocycles. The van der Waals surface area contributed by atoms with Crippen LogP contribution in [-0.4, -0.2) is 49.4 Å². The average molecular weight is 437 g/mol. The number of benzene rings is 1. The molecule has 8 nitrogen and oxygen atoms in total. The number of ether oxygens (including phenoxy) is 1. The van der Waals surface area contributed by atoms with E-state index in [9.17, 15) is 8.78 Å². The van der Waals surface area contributed by atoms with Gasteiger partial charge in [-0.2, -0.15) is 10.1 Å². The number of hydrogen-bond donors (Lipinski definition) is 0. The molecule has 164 valence electrons. The van der Waals surface area contributed by atoms with Crippen molar-refractivity contribution >= 4 is 17.1 Å². The van der Waals surface area contributed by atoms with Crippen molar-refractivity contribution in [2.45, 2.75) is 20.0 Å². The van der Waals surface area contributed by atoms with Crippen LogP contribution in [0.3, 0.4) is 0 Å². The van der Waals surface area contributed by atoms with Gasteiger partial charge in [-0.25, -0.2) is 23.7 Å².